The number of aromatic nitrogens is 4. The molecule has 124 valence electrons. The lowest BCUT2D eigenvalue weighted by molar-refractivity contribution is 0.569. The fraction of sp³-hybridized carbons (Fsp3) is 0. The van der Waals surface area contributed by atoms with Gasteiger partial charge in [0.15, 0.2) is 0 Å². The molecular weight excluding hydrogens is 367 g/mol. The van der Waals surface area contributed by atoms with E-state index in [1.54, 1.807) is 18.2 Å². The summed E-state index contributed by atoms with van der Waals surface area (Å²) in [4.78, 5) is 44.4. The van der Waals surface area contributed by atoms with Gasteiger partial charge in [0, 0.05) is 10.0 Å². The van der Waals surface area contributed by atoms with E-state index in [0.29, 0.717) is 25.8 Å². The zero-order valence-corrected chi connectivity index (χ0v) is 13.9. The quantitative estimate of drug-likeness (QED) is 0.551. The maximum Gasteiger partial charge on any atom is 0.348 e. The second-order valence-corrected chi connectivity index (χ2v) is 6.17. The van der Waals surface area contributed by atoms with Crippen LogP contribution in [0.25, 0.3) is 21.8 Å². The molecule has 0 radical (unpaired) electrons. The minimum Gasteiger partial charge on any atom is -0.305 e. The molecule has 0 amide bonds. The number of hydrogen-bond acceptors (Lipinski definition) is 4. The van der Waals surface area contributed by atoms with Crippen LogP contribution in [0, 0.1) is 0 Å². The molecule has 9 heteroatoms. The Morgan fingerprint density at radius 2 is 1.56 bits per heavy atom. The third-order valence-corrected chi connectivity index (χ3v) is 4.23. The molecule has 2 aromatic heterocycles. The molecule has 25 heavy (non-hydrogen) atoms. The number of nitrogens with one attached hydrogen (secondary N) is 1. The van der Waals surface area contributed by atoms with Crippen molar-refractivity contribution in [3.8, 4) is 0 Å². The van der Waals surface area contributed by atoms with Crippen LogP contribution in [0.15, 0.2) is 57.1 Å². The molecule has 0 fully saturated rings. The number of H-pyrrole nitrogens is 1. The standard InChI is InChI=1S/C16H8Cl2N4O3/c17-8-1-3-12-10(5-8)14(23)21(7-19-12)22-15(24)11-6-9(18)2-4-13(11)20-16(22)25/h1-7H,(H,20,25). The Balaban J connectivity index is 2.14. The molecule has 2 heterocycles. The Labute approximate surface area is 148 Å². The van der Waals surface area contributed by atoms with Crippen molar-refractivity contribution in [2.24, 2.45) is 0 Å². The van der Waals surface area contributed by atoms with Gasteiger partial charge in [-0.05, 0) is 36.4 Å². The van der Waals surface area contributed by atoms with Crippen molar-refractivity contribution < 1.29 is 0 Å². The van der Waals surface area contributed by atoms with Crippen molar-refractivity contribution in [3.63, 3.8) is 0 Å². The van der Waals surface area contributed by atoms with Crippen molar-refractivity contribution in [2.75, 3.05) is 0 Å². The molecule has 7 nitrogen and oxygen atoms in total. The van der Waals surface area contributed by atoms with E-state index in [1.165, 1.54) is 18.2 Å². The van der Waals surface area contributed by atoms with Gasteiger partial charge in [-0.25, -0.2) is 9.78 Å². The summed E-state index contributed by atoms with van der Waals surface area (Å²) in [5, 5.41) is 1.03. The number of aromatic amines is 1. The van der Waals surface area contributed by atoms with E-state index in [-0.39, 0.29) is 10.8 Å². The summed E-state index contributed by atoms with van der Waals surface area (Å²) in [5.41, 5.74) is -1.34. The van der Waals surface area contributed by atoms with Crippen molar-refractivity contribution in [2.45, 2.75) is 0 Å². The third kappa shape index (κ3) is 2.45. The first-order valence-corrected chi connectivity index (χ1v) is 7.83. The maximum atomic E-state index is 12.7. The predicted octanol–water partition coefficient (Wildman–Crippen LogP) is 2.02. The second kappa shape index (κ2) is 5.58. The van der Waals surface area contributed by atoms with Gasteiger partial charge >= 0.3 is 5.69 Å². The molecule has 0 saturated carbocycles. The van der Waals surface area contributed by atoms with E-state index >= 15 is 0 Å². The van der Waals surface area contributed by atoms with Crippen LogP contribution in [0.3, 0.4) is 0 Å². The Kier molecular flexibility index (Phi) is 3.48. The van der Waals surface area contributed by atoms with Gasteiger partial charge in [-0.1, -0.05) is 23.2 Å². The zero-order chi connectivity index (χ0) is 17.7. The lowest BCUT2D eigenvalue weighted by Crippen LogP contribution is -2.44. The molecule has 4 aromatic rings. The third-order valence-electron chi connectivity index (χ3n) is 3.76. The maximum absolute atomic E-state index is 12.7. The minimum absolute atomic E-state index is 0.171. The molecule has 0 aliphatic heterocycles. The zero-order valence-electron chi connectivity index (χ0n) is 12.4. The molecule has 4 rings (SSSR count). The molecule has 0 atom stereocenters. The van der Waals surface area contributed by atoms with Crippen molar-refractivity contribution in [3.05, 3.63) is 84.0 Å². The van der Waals surface area contributed by atoms with Crippen LogP contribution in [0.5, 0.6) is 0 Å². The summed E-state index contributed by atoms with van der Waals surface area (Å²) >= 11 is 11.8. The van der Waals surface area contributed by atoms with Gasteiger partial charge in [-0.3, -0.25) is 9.59 Å². The van der Waals surface area contributed by atoms with Gasteiger partial charge in [-0.15, -0.1) is 0 Å². The summed E-state index contributed by atoms with van der Waals surface area (Å²) in [6.07, 6.45) is 1.12. The van der Waals surface area contributed by atoms with Gasteiger partial charge in [0.2, 0.25) is 0 Å². The van der Waals surface area contributed by atoms with Crippen molar-refractivity contribution >= 4 is 45.0 Å². The fourth-order valence-corrected chi connectivity index (χ4v) is 2.94. The topological polar surface area (TPSA) is 89.8 Å². The number of fused-ring (bicyclic) bond motifs is 2. The van der Waals surface area contributed by atoms with Gasteiger partial charge in [0.1, 0.15) is 6.33 Å². The lowest BCUT2D eigenvalue weighted by Gasteiger charge is -2.09. The Morgan fingerprint density at radius 1 is 0.880 bits per heavy atom. The monoisotopic (exact) mass is 374 g/mol. The molecule has 2 aromatic carbocycles. The number of benzene rings is 2. The molecule has 0 saturated heterocycles. The van der Waals surface area contributed by atoms with Crippen LogP contribution in [-0.2, 0) is 0 Å². The minimum atomic E-state index is -0.773. The Hall–Kier alpha value is -2.90. The van der Waals surface area contributed by atoms with Crippen molar-refractivity contribution in [1.82, 2.24) is 19.3 Å². The summed E-state index contributed by atoms with van der Waals surface area (Å²) in [6.45, 7) is 0. The molecule has 0 unspecified atom stereocenters. The highest BCUT2D eigenvalue weighted by molar-refractivity contribution is 6.31. The second-order valence-electron chi connectivity index (χ2n) is 5.29. The Bertz CT molecular complexity index is 1340. The van der Waals surface area contributed by atoms with Gasteiger partial charge < -0.3 is 4.98 Å². The smallest absolute Gasteiger partial charge is 0.305 e. The first kappa shape index (κ1) is 15.6. The average molecular weight is 375 g/mol. The van der Waals surface area contributed by atoms with Crippen LogP contribution < -0.4 is 16.8 Å². The van der Waals surface area contributed by atoms with Crippen LogP contribution >= 0.6 is 23.2 Å². The predicted molar refractivity (Wildman–Crippen MR) is 95.6 cm³/mol. The fourth-order valence-electron chi connectivity index (χ4n) is 2.60. The number of hydrogen-bond donors (Lipinski definition) is 1. The molecule has 0 bridgehead atoms. The van der Waals surface area contributed by atoms with Gasteiger partial charge in [0.05, 0.1) is 21.8 Å². The number of rotatable bonds is 1. The summed E-state index contributed by atoms with van der Waals surface area (Å²) in [6, 6.07) is 9.09. The molecule has 0 spiro atoms. The van der Waals surface area contributed by atoms with Gasteiger partial charge in [0.25, 0.3) is 11.1 Å². The highest BCUT2D eigenvalue weighted by Gasteiger charge is 2.13. The first-order valence-electron chi connectivity index (χ1n) is 7.08. The van der Waals surface area contributed by atoms with E-state index < -0.39 is 16.8 Å². The van der Waals surface area contributed by atoms with E-state index in [1.807, 2.05) is 0 Å². The SMILES string of the molecule is O=c1c2cc(Cl)ccc2ncn1-n1c(=O)[nH]c2ccc(Cl)cc2c1=O. The highest BCUT2D eigenvalue weighted by atomic mass is 35.5. The van der Waals surface area contributed by atoms with Crippen LogP contribution in [0.4, 0.5) is 0 Å². The normalized spacial score (nSPS) is 11.3. The van der Waals surface area contributed by atoms with Crippen molar-refractivity contribution in [1.29, 1.82) is 0 Å². The van der Waals surface area contributed by atoms with Crippen LogP contribution in [-0.4, -0.2) is 19.3 Å². The molecular formula is C16H8Cl2N4O3. The molecule has 1 N–H and O–H groups in total. The van der Waals surface area contributed by atoms with E-state index in [4.69, 9.17) is 23.2 Å². The first-order chi connectivity index (χ1) is 12.0. The summed E-state index contributed by atoms with van der Waals surface area (Å²) in [5.74, 6) is 0. The summed E-state index contributed by atoms with van der Waals surface area (Å²) < 4.78 is 1.52. The van der Waals surface area contributed by atoms with Crippen LogP contribution in [0.1, 0.15) is 0 Å². The van der Waals surface area contributed by atoms with E-state index in [0.717, 1.165) is 11.0 Å². The van der Waals surface area contributed by atoms with E-state index in [9.17, 15) is 14.4 Å². The highest BCUT2D eigenvalue weighted by Crippen LogP contribution is 2.15. The lowest BCUT2D eigenvalue weighted by atomic mass is 10.2. The van der Waals surface area contributed by atoms with Gasteiger partial charge in [-0.2, -0.15) is 9.35 Å². The summed E-state index contributed by atoms with van der Waals surface area (Å²) in [7, 11) is 0. The number of halogens is 2. The Morgan fingerprint density at radius 3 is 2.32 bits per heavy atom. The van der Waals surface area contributed by atoms with E-state index in [2.05, 4.69) is 9.97 Å². The molecule has 0 aliphatic rings. The number of nitrogens with zero attached hydrogens (tertiary/aromatic N) is 3. The average Bonchev–Trinajstić information content (AvgIpc) is 2.58. The van der Waals surface area contributed by atoms with Crippen LogP contribution in [0.2, 0.25) is 10.0 Å². The largest absolute Gasteiger partial charge is 0.348 e. The molecule has 0 aliphatic carbocycles.